The van der Waals surface area contributed by atoms with E-state index in [4.69, 9.17) is 10.1 Å². The topological polar surface area (TPSA) is 62.5 Å². The summed E-state index contributed by atoms with van der Waals surface area (Å²) in [6, 6.07) is 17.0. The van der Waals surface area contributed by atoms with Gasteiger partial charge in [-0.2, -0.15) is 5.10 Å². The van der Waals surface area contributed by atoms with Gasteiger partial charge in [0.2, 0.25) is 5.91 Å². The molecular formula is C29H33N5O. The number of piperidine rings is 1. The molecule has 2 aromatic carbocycles. The minimum atomic E-state index is -0.0529. The molecule has 0 saturated carbocycles. The fourth-order valence-corrected chi connectivity index (χ4v) is 4.80. The highest BCUT2D eigenvalue weighted by atomic mass is 16.1. The molecule has 1 N–H and O–H groups in total. The molecule has 1 fully saturated rings. The minimum Gasteiger partial charge on any atom is -0.354 e. The Morgan fingerprint density at radius 3 is 2.63 bits per heavy atom. The molecule has 0 spiro atoms. The van der Waals surface area contributed by atoms with Crippen LogP contribution < -0.4 is 10.2 Å². The molecule has 4 aromatic rings. The Morgan fingerprint density at radius 2 is 1.86 bits per heavy atom. The van der Waals surface area contributed by atoms with Crippen molar-refractivity contribution in [3.05, 3.63) is 83.2 Å². The molecule has 35 heavy (non-hydrogen) atoms. The second-order valence-corrected chi connectivity index (χ2v) is 9.58. The maximum atomic E-state index is 13.0. The third kappa shape index (κ3) is 4.92. The number of aryl methyl sites for hydroxylation is 3. The lowest BCUT2D eigenvalue weighted by molar-refractivity contribution is -0.125. The van der Waals surface area contributed by atoms with E-state index in [0.717, 1.165) is 54.0 Å². The van der Waals surface area contributed by atoms with Gasteiger partial charge in [0.05, 0.1) is 11.6 Å². The minimum absolute atomic E-state index is 0.0529. The first kappa shape index (κ1) is 23.1. The number of amides is 1. The van der Waals surface area contributed by atoms with Crippen molar-refractivity contribution < 1.29 is 4.79 Å². The molecule has 1 unspecified atom stereocenters. The van der Waals surface area contributed by atoms with Crippen LogP contribution >= 0.6 is 0 Å². The molecule has 6 heteroatoms. The number of nitrogens with one attached hydrogen (secondary N) is 1. The zero-order valence-electron chi connectivity index (χ0n) is 20.8. The van der Waals surface area contributed by atoms with Gasteiger partial charge < -0.3 is 10.2 Å². The molecule has 0 bridgehead atoms. The van der Waals surface area contributed by atoms with Crippen molar-refractivity contribution in [2.24, 2.45) is 5.92 Å². The summed E-state index contributed by atoms with van der Waals surface area (Å²) in [5.74, 6) is 0.955. The number of hydrogen-bond acceptors (Lipinski definition) is 4. The van der Waals surface area contributed by atoms with E-state index in [9.17, 15) is 4.79 Å². The summed E-state index contributed by atoms with van der Waals surface area (Å²) in [7, 11) is 0. The number of hydrogen-bond donors (Lipinski definition) is 1. The summed E-state index contributed by atoms with van der Waals surface area (Å²) in [6.45, 7) is 8.51. The van der Waals surface area contributed by atoms with Gasteiger partial charge >= 0.3 is 0 Å². The molecule has 0 radical (unpaired) electrons. The highest BCUT2D eigenvalue weighted by molar-refractivity contribution is 5.81. The molecule has 0 aliphatic carbocycles. The van der Waals surface area contributed by atoms with Gasteiger partial charge in [-0.15, -0.1) is 0 Å². The van der Waals surface area contributed by atoms with Crippen LogP contribution in [-0.4, -0.2) is 33.6 Å². The molecule has 1 amide bonds. The molecule has 1 saturated heterocycles. The van der Waals surface area contributed by atoms with Crippen molar-refractivity contribution in [1.82, 2.24) is 19.9 Å². The van der Waals surface area contributed by atoms with E-state index < -0.39 is 0 Å². The Morgan fingerprint density at radius 1 is 1.06 bits per heavy atom. The average Bonchev–Trinajstić information content (AvgIpc) is 3.34. The molecule has 1 aliphatic heterocycles. The lowest BCUT2D eigenvalue weighted by Gasteiger charge is -2.33. The van der Waals surface area contributed by atoms with Crippen LogP contribution in [0.2, 0.25) is 0 Å². The van der Waals surface area contributed by atoms with Crippen molar-refractivity contribution in [1.29, 1.82) is 0 Å². The largest absolute Gasteiger partial charge is 0.354 e. The number of carbonyl (C=O) groups is 1. The molecule has 5 rings (SSSR count). The van der Waals surface area contributed by atoms with Crippen LogP contribution in [0, 0.1) is 19.8 Å². The quantitative estimate of drug-likeness (QED) is 0.428. The molecule has 2 aromatic heterocycles. The monoisotopic (exact) mass is 467 g/mol. The van der Waals surface area contributed by atoms with E-state index in [-0.39, 0.29) is 11.8 Å². The highest BCUT2D eigenvalue weighted by Gasteiger charge is 2.27. The normalized spacial score (nSPS) is 16.0. The van der Waals surface area contributed by atoms with Crippen LogP contribution in [0.3, 0.4) is 0 Å². The van der Waals surface area contributed by atoms with Gasteiger partial charge in [-0.05, 0) is 67.5 Å². The van der Waals surface area contributed by atoms with E-state index in [1.165, 1.54) is 16.7 Å². The number of rotatable bonds is 6. The maximum Gasteiger partial charge on any atom is 0.225 e. The van der Waals surface area contributed by atoms with Gasteiger partial charge in [-0.3, -0.25) is 4.79 Å². The predicted octanol–water partition coefficient (Wildman–Crippen LogP) is 5.11. The van der Waals surface area contributed by atoms with Crippen LogP contribution in [0.4, 0.5) is 5.82 Å². The smallest absolute Gasteiger partial charge is 0.225 e. The maximum absolute atomic E-state index is 13.0. The van der Waals surface area contributed by atoms with Gasteiger partial charge in [0.25, 0.3) is 0 Å². The molecule has 6 nitrogen and oxygen atoms in total. The number of aromatic nitrogens is 3. The molecule has 3 heterocycles. The summed E-state index contributed by atoms with van der Waals surface area (Å²) >= 11 is 0. The lowest BCUT2D eigenvalue weighted by atomic mass is 9.97. The van der Waals surface area contributed by atoms with Gasteiger partial charge in [-0.25, -0.2) is 9.50 Å². The van der Waals surface area contributed by atoms with E-state index in [1.807, 2.05) is 10.7 Å². The lowest BCUT2D eigenvalue weighted by Crippen LogP contribution is -2.43. The predicted molar refractivity (Wildman–Crippen MR) is 141 cm³/mol. The van der Waals surface area contributed by atoms with Crippen molar-refractivity contribution in [2.45, 2.75) is 46.6 Å². The fourth-order valence-electron chi connectivity index (χ4n) is 4.80. The number of benzene rings is 2. The van der Waals surface area contributed by atoms with E-state index in [1.54, 1.807) is 6.20 Å². The number of anilines is 1. The highest BCUT2D eigenvalue weighted by Crippen LogP contribution is 2.29. The first-order chi connectivity index (χ1) is 17.0. The Hall–Kier alpha value is -3.67. The van der Waals surface area contributed by atoms with E-state index in [0.29, 0.717) is 13.1 Å². The van der Waals surface area contributed by atoms with Crippen LogP contribution in [-0.2, 0) is 17.8 Å². The Kier molecular flexibility index (Phi) is 6.53. The van der Waals surface area contributed by atoms with Crippen LogP contribution in [0.25, 0.3) is 16.8 Å². The Bertz CT molecular complexity index is 1340. The average molecular weight is 468 g/mol. The van der Waals surface area contributed by atoms with Crippen molar-refractivity contribution in [3.63, 3.8) is 0 Å². The van der Waals surface area contributed by atoms with Gasteiger partial charge in [0.1, 0.15) is 5.52 Å². The number of nitrogens with zero attached hydrogens (tertiary/aromatic N) is 4. The molecule has 1 aliphatic rings. The standard InChI is InChI=1S/C29H33N5O/c1-4-22-8-10-23(11-9-22)18-31-29(35)25-6-5-14-33(19-25)28-27-17-26(32-34(27)15-13-30-28)24-12-7-20(2)21(3)16-24/h7-13,15-17,25H,4-6,14,18-19H2,1-3H3,(H,31,35). The van der Waals surface area contributed by atoms with Crippen molar-refractivity contribution in [3.8, 4) is 11.3 Å². The second kappa shape index (κ2) is 9.90. The summed E-state index contributed by atoms with van der Waals surface area (Å²) in [5, 5.41) is 7.96. The third-order valence-corrected chi connectivity index (χ3v) is 7.16. The summed E-state index contributed by atoms with van der Waals surface area (Å²) in [6.07, 6.45) is 6.57. The first-order valence-electron chi connectivity index (χ1n) is 12.5. The van der Waals surface area contributed by atoms with E-state index >= 15 is 0 Å². The summed E-state index contributed by atoms with van der Waals surface area (Å²) in [4.78, 5) is 20.0. The van der Waals surface area contributed by atoms with Crippen LogP contribution in [0.5, 0.6) is 0 Å². The third-order valence-electron chi connectivity index (χ3n) is 7.16. The molecule has 1 atom stereocenters. The first-order valence-corrected chi connectivity index (χ1v) is 12.5. The van der Waals surface area contributed by atoms with E-state index in [2.05, 4.69) is 79.5 Å². The zero-order valence-corrected chi connectivity index (χ0v) is 20.8. The SMILES string of the molecule is CCc1ccc(CNC(=O)C2CCCN(c3nccn4nc(-c5ccc(C)c(C)c5)cc34)C2)cc1. The van der Waals surface area contributed by atoms with Crippen molar-refractivity contribution in [2.75, 3.05) is 18.0 Å². The fraction of sp³-hybridized carbons (Fsp3) is 0.345. The van der Waals surface area contributed by atoms with Gasteiger partial charge in [-0.1, -0.05) is 43.3 Å². The van der Waals surface area contributed by atoms with Gasteiger partial charge in [0.15, 0.2) is 5.82 Å². The number of carbonyl (C=O) groups excluding carboxylic acids is 1. The number of fused-ring (bicyclic) bond motifs is 1. The summed E-state index contributed by atoms with van der Waals surface area (Å²) in [5.41, 5.74) is 7.98. The molecular weight excluding hydrogens is 434 g/mol. The Balaban J connectivity index is 1.31. The van der Waals surface area contributed by atoms with Crippen molar-refractivity contribution >= 4 is 17.2 Å². The zero-order chi connectivity index (χ0) is 24.4. The molecule has 180 valence electrons. The van der Waals surface area contributed by atoms with Crippen LogP contribution in [0.1, 0.15) is 42.0 Å². The van der Waals surface area contributed by atoms with Crippen LogP contribution in [0.15, 0.2) is 60.9 Å². The Labute approximate surface area is 207 Å². The van der Waals surface area contributed by atoms with Gasteiger partial charge in [0, 0.05) is 37.6 Å². The summed E-state index contributed by atoms with van der Waals surface area (Å²) < 4.78 is 1.90. The second-order valence-electron chi connectivity index (χ2n) is 9.58.